The smallest absolute Gasteiger partial charge is 0.410 e. The van der Waals surface area contributed by atoms with Crippen LogP contribution in [0.4, 0.5) is 4.79 Å². The minimum Gasteiger partial charge on any atom is -0.467 e. The van der Waals surface area contributed by atoms with Crippen LogP contribution in [-0.4, -0.2) is 63.4 Å². The maximum absolute atomic E-state index is 12.2. The third-order valence-electron chi connectivity index (χ3n) is 3.38. The van der Waals surface area contributed by atoms with E-state index in [4.69, 9.17) is 14.2 Å². The largest absolute Gasteiger partial charge is 0.467 e. The van der Waals surface area contributed by atoms with Gasteiger partial charge in [-0.15, -0.1) is 0 Å². The molecule has 0 aliphatic carbocycles. The molecule has 0 aromatic carbocycles. The van der Waals surface area contributed by atoms with Gasteiger partial charge in [0.2, 0.25) is 0 Å². The van der Waals surface area contributed by atoms with Crippen LogP contribution in [-0.2, 0) is 23.8 Å². The van der Waals surface area contributed by atoms with Crippen LogP contribution >= 0.6 is 0 Å². The molecule has 1 aliphatic heterocycles. The molecule has 7 nitrogen and oxygen atoms in total. The number of ether oxygens (including phenoxy) is 3. The summed E-state index contributed by atoms with van der Waals surface area (Å²) in [4.78, 5) is 36.3. The SMILES string of the molecule is COC(=O)[C@@H]1C[C@H](OC(C)=O)CN1C(=O)OCC[Si](C)(C)C. The lowest BCUT2D eigenvalue weighted by molar-refractivity contribution is -0.147. The molecule has 2 atom stereocenters. The van der Waals surface area contributed by atoms with Crippen LogP contribution in [0, 0.1) is 0 Å². The molecule has 0 bridgehead atoms. The number of likely N-dealkylation sites (tertiary alicyclic amines) is 1. The standard InChI is InChI=1S/C14H25NO6Si/c1-10(16)21-11-8-12(13(17)19-2)15(9-11)14(18)20-6-7-22(3,4)5/h11-12H,6-9H2,1-5H3/t11-,12-/m0/s1. The van der Waals surface area contributed by atoms with Crippen LogP contribution in [0.25, 0.3) is 0 Å². The summed E-state index contributed by atoms with van der Waals surface area (Å²) in [5.74, 6) is -0.973. The molecule has 8 heteroatoms. The summed E-state index contributed by atoms with van der Waals surface area (Å²) in [5.41, 5.74) is 0. The highest BCUT2D eigenvalue weighted by Gasteiger charge is 2.42. The molecular weight excluding hydrogens is 306 g/mol. The van der Waals surface area contributed by atoms with Crippen LogP contribution in [0.5, 0.6) is 0 Å². The number of esters is 2. The molecule has 1 aliphatic rings. The van der Waals surface area contributed by atoms with Gasteiger partial charge in [-0.25, -0.2) is 9.59 Å². The quantitative estimate of drug-likeness (QED) is 0.433. The molecule has 22 heavy (non-hydrogen) atoms. The van der Waals surface area contributed by atoms with E-state index in [9.17, 15) is 14.4 Å². The summed E-state index contributed by atoms with van der Waals surface area (Å²) >= 11 is 0. The molecule has 0 aromatic heterocycles. The summed E-state index contributed by atoms with van der Waals surface area (Å²) in [7, 11) is -0.0412. The first-order chi connectivity index (χ1) is 10.1. The highest BCUT2D eigenvalue weighted by Crippen LogP contribution is 2.23. The van der Waals surface area contributed by atoms with Crippen molar-refractivity contribution >= 4 is 26.1 Å². The Morgan fingerprint density at radius 1 is 1.23 bits per heavy atom. The average molecular weight is 331 g/mol. The van der Waals surface area contributed by atoms with E-state index < -0.39 is 38.3 Å². The van der Waals surface area contributed by atoms with Crippen LogP contribution < -0.4 is 0 Å². The minimum absolute atomic E-state index is 0.144. The Morgan fingerprint density at radius 3 is 2.36 bits per heavy atom. The fourth-order valence-corrected chi connectivity index (χ4v) is 2.92. The van der Waals surface area contributed by atoms with Gasteiger partial charge in [0.15, 0.2) is 0 Å². The monoisotopic (exact) mass is 331 g/mol. The fraction of sp³-hybridized carbons (Fsp3) is 0.786. The van der Waals surface area contributed by atoms with Crippen molar-refractivity contribution in [1.29, 1.82) is 0 Å². The Hall–Kier alpha value is -1.57. The summed E-state index contributed by atoms with van der Waals surface area (Å²) in [6.07, 6.45) is -0.843. The Balaban J connectivity index is 2.64. The zero-order chi connectivity index (χ0) is 16.9. The van der Waals surface area contributed by atoms with Crippen LogP contribution in [0.3, 0.4) is 0 Å². The number of hydrogen-bond acceptors (Lipinski definition) is 6. The predicted molar refractivity (Wildman–Crippen MR) is 82.2 cm³/mol. The van der Waals surface area contributed by atoms with E-state index >= 15 is 0 Å². The molecule has 0 radical (unpaired) electrons. The van der Waals surface area contributed by atoms with E-state index in [1.807, 2.05) is 0 Å². The van der Waals surface area contributed by atoms with Gasteiger partial charge in [-0.2, -0.15) is 0 Å². The second-order valence-corrected chi connectivity index (χ2v) is 12.2. The normalized spacial score (nSPS) is 21.4. The highest BCUT2D eigenvalue weighted by molar-refractivity contribution is 6.76. The van der Waals surface area contributed by atoms with Crippen molar-refractivity contribution in [2.45, 2.75) is 51.2 Å². The number of carbonyl (C=O) groups excluding carboxylic acids is 3. The molecule has 1 heterocycles. The number of rotatable bonds is 5. The molecule has 1 fully saturated rings. The summed E-state index contributed by atoms with van der Waals surface area (Å²) in [5, 5.41) is 0. The molecule has 1 saturated heterocycles. The van der Waals surface area contributed by atoms with E-state index in [1.165, 1.54) is 18.9 Å². The van der Waals surface area contributed by atoms with Gasteiger partial charge in [-0.1, -0.05) is 19.6 Å². The first-order valence-corrected chi connectivity index (χ1v) is 11.0. The van der Waals surface area contributed by atoms with Crippen molar-refractivity contribution in [3.8, 4) is 0 Å². The van der Waals surface area contributed by atoms with Gasteiger partial charge in [-0.3, -0.25) is 9.69 Å². The third-order valence-corrected chi connectivity index (χ3v) is 5.08. The average Bonchev–Trinajstić information content (AvgIpc) is 2.79. The van der Waals surface area contributed by atoms with Gasteiger partial charge >= 0.3 is 18.0 Å². The van der Waals surface area contributed by atoms with Gasteiger partial charge in [0.05, 0.1) is 20.3 Å². The molecule has 0 saturated carbocycles. The number of nitrogens with zero attached hydrogens (tertiary/aromatic N) is 1. The number of hydrogen-bond donors (Lipinski definition) is 0. The van der Waals surface area contributed by atoms with Crippen molar-refractivity contribution in [3.63, 3.8) is 0 Å². The van der Waals surface area contributed by atoms with Crippen molar-refractivity contribution < 1.29 is 28.6 Å². The predicted octanol–water partition coefficient (Wildman–Crippen LogP) is 1.64. The van der Waals surface area contributed by atoms with Gasteiger partial charge in [-0.05, 0) is 6.04 Å². The Bertz CT molecular complexity index is 434. The second-order valence-electron chi connectivity index (χ2n) is 6.58. The van der Waals surface area contributed by atoms with E-state index in [0.29, 0.717) is 6.61 Å². The van der Waals surface area contributed by atoms with Crippen molar-refractivity contribution in [1.82, 2.24) is 4.90 Å². The molecule has 1 rings (SSSR count). The zero-order valence-corrected chi connectivity index (χ0v) is 14.9. The van der Waals surface area contributed by atoms with Crippen molar-refractivity contribution in [3.05, 3.63) is 0 Å². The lowest BCUT2D eigenvalue weighted by atomic mass is 10.2. The first-order valence-electron chi connectivity index (χ1n) is 7.32. The van der Waals surface area contributed by atoms with E-state index in [-0.39, 0.29) is 13.0 Å². The molecule has 0 aromatic rings. The Labute approximate surface area is 131 Å². The van der Waals surface area contributed by atoms with Crippen LogP contribution in [0.1, 0.15) is 13.3 Å². The van der Waals surface area contributed by atoms with Crippen molar-refractivity contribution in [2.75, 3.05) is 20.3 Å². The first kappa shape index (κ1) is 18.5. The molecule has 0 unspecified atom stereocenters. The van der Waals surface area contributed by atoms with Gasteiger partial charge in [0, 0.05) is 21.4 Å². The highest BCUT2D eigenvalue weighted by atomic mass is 28.3. The Kier molecular flexibility index (Phi) is 6.40. The maximum Gasteiger partial charge on any atom is 0.410 e. The number of carbonyl (C=O) groups is 3. The summed E-state index contributed by atoms with van der Waals surface area (Å²) < 4.78 is 15.0. The van der Waals surface area contributed by atoms with E-state index in [2.05, 4.69) is 19.6 Å². The summed E-state index contributed by atoms with van der Waals surface area (Å²) in [6.45, 7) is 8.32. The number of amides is 1. The minimum atomic E-state index is -1.30. The maximum atomic E-state index is 12.2. The van der Waals surface area contributed by atoms with Gasteiger partial charge in [0.1, 0.15) is 12.1 Å². The van der Waals surface area contributed by atoms with Gasteiger partial charge < -0.3 is 14.2 Å². The third kappa shape index (κ3) is 5.67. The summed E-state index contributed by atoms with van der Waals surface area (Å²) in [6, 6.07) is 0.0804. The Morgan fingerprint density at radius 2 is 1.86 bits per heavy atom. The fourth-order valence-electron chi connectivity index (χ4n) is 2.21. The topological polar surface area (TPSA) is 82.1 Å². The van der Waals surface area contributed by atoms with Gasteiger partial charge in [0.25, 0.3) is 0 Å². The lowest BCUT2D eigenvalue weighted by Crippen LogP contribution is -2.42. The molecule has 1 amide bonds. The molecular formula is C14H25NO6Si. The lowest BCUT2D eigenvalue weighted by Gasteiger charge is -2.22. The molecule has 126 valence electrons. The van der Waals surface area contributed by atoms with Crippen LogP contribution in [0.15, 0.2) is 0 Å². The van der Waals surface area contributed by atoms with Crippen LogP contribution in [0.2, 0.25) is 25.7 Å². The molecule has 0 N–H and O–H groups in total. The second kappa shape index (κ2) is 7.62. The van der Waals surface area contributed by atoms with E-state index in [1.54, 1.807) is 0 Å². The van der Waals surface area contributed by atoms with Crippen molar-refractivity contribution in [2.24, 2.45) is 0 Å². The zero-order valence-electron chi connectivity index (χ0n) is 13.9. The van der Waals surface area contributed by atoms with E-state index in [0.717, 1.165) is 6.04 Å². The molecule has 0 spiro atoms. The number of methoxy groups -OCH3 is 1.